The van der Waals surface area contributed by atoms with E-state index in [1.165, 1.54) is 6.42 Å². The summed E-state index contributed by atoms with van der Waals surface area (Å²) in [5.74, 6) is -1.72. The van der Waals surface area contributed by atoms with Crippen molar-refractivity contribution < 1.29 is 23.9 Å². The molecule has 0 saturated heterocycles. The normalized spacial score (nSPS) is 13.6. The quantitative estimate of drug-likeness (QED) is 0.130. The number of hydrogen-bond acceptors (Lipinski definition) is 6. The SMILES string of the molecule is CCOC(=O)c1cc2cc(NC(=O)C(C)(C)NC(=O)c3ccc(NC4CCCCC4)c(C(=O)Nc4ccccc4)c3)ccc2[nH]1. The molecule has 10 heteroatoms. The molecule has 0 spiro atoms. The first kappa shape index (κ1) is 31.3. The van der Waals surface area contributed by atoms with Gasteiger partial charge >= 0.3 is 5.97 Å². The molecule has 3 amide bonds. The maximum absolute atomic E-state index is 13.5. The number of carbonyl (C=O) groups excluding carboxylic acids is 4. The second kappa shape index (κ2) is 13.7. The summed E-state index contributed by atoms with van der Waals surface area (Å²) >= 11 is 0. The van der Waals surface area contributed by atoms with Gasteiger partial charge in [-0.05, 0) is 88.2 Å². The molecule has 1 aliphatic rings. The summed E-state index contributed by atoms with van der Waals surface area (Å²) in [6, 6.07) is 21.2. The molecule has 3 aromatic carbocycles. The first-order valence-electron chi connectivity index (χ1n) is 15.3. The average molecular weight is 610 g/mol. The molecule has 4 aromatic rings. The third-order valence-corrected chi connectivity index (χ3v) is 7.89. The van der Waals surface area contributed by atoms with E-state index in [0.29, 0.717) is 28.3 Å². The number of aromatic amines is 1. The molecule has 0 aliphatic heterocycles. The van der Waals surface area contributed by atoms with Gasteiger partial charge in [0, 0.05) is 39.6 Å². The number of benzene rings is 3. The van der Waals surface area contributed by atoms with Crippen molar-refractivity contribution in [1.29, 1.82) is 0 Å². The fourth-order valence-corrected chi connectivity index (χ4v) is 5.42. The van der Waals surface area contributed by atoms with Crippen LogP contribution in [0.25, 0.3) is 10.9 Å². The molecule has 0 unspecified atom stereocenters. The molecule has 0 radical (unpaired) electrons. The van der Waals surface area contributed by atoms with Crippen LogP contribution in [-0.2, 0) is 9.53 Å². The third-order valence-electron chi connectivity index (χ3n) is 7.89. The summed E-state index contributed by atoms with van der Waals surface area (Å²) in [4.78, 5) is 55.3. The molecule has 234 valence electrons. The average Bonchev–Trinajstić information content (AvgIpc) is 3.46. The number of ether oxygens (including phenoxy) is 1. The molecule has 0 atom stereocenters. The number of amides is 3. The van der Waals surface area contributed by atoms with Crippen LogP contribution in [0.1, 0.15) is 84.1 Å². The Balaban J connectivity index is 1.31. The van der Waals surface area contributed by atoms with Crippen LogP contribution in [0.3, 0.4) is 0 Å². The van der Waals surface area contributed by atoms with Gasteiger partial charge in [0.05, 0.1) is 12.2 Å². The monoisotopic (exact) mass is 609 g/mol. The van der Waals surface area contributed by atoms with Gasteiger partial charge in [-0.15, -0.1) is 0 Å². The van der Waals surface area contributed by atoms with Crippen LogP contribution < -0.4 is 21.3 Å². The van der Waals surface area contributed by atoms with Crippen LogP contribution in [0.15, 0.2) is 72.8 Å². The summed E-state index contributed by atoms with van der Waals surface area (Å²) in [5.41, 5.74) is 2.15. The third kappa shape index (κ3) is 7.70. The standard InChI is InChI=1S/C35H39N5O5/c1-4-45-33(43)30-21-23-19-26(16-18-28(23)39-30)38-34(44)35(2,3)40-31(41)22-15-17-29(36-24-11-7-5-8-12-24)27(20-22)32(42)37-25-13-9-6-10-14-25/h6,9-10,13-21,24,36,39H,4-5,7-8,11-12H2,1-3H3,(H,37,42)(H,38,44)(H,40,41). The lowest BCUT2D eigenvalue weighted by Gasteiger charge is -2.26. The van der Waals surface area contributed by atoms with Gasteiger partial charge < -0.3 is 31.0 Å². The van der Waals surface area contributed by atoms with E-state index >= 15 is 0 Å². The molecule has 5 N–H and O–H groups in total. The van der Waals surface area contributed by atoms with Crippen LogP contribution in [0.5, 0.6) is 0 Å². The van der Waals surface area contributed by atoms with Crippen LogP contribution >= 0.6 is 0 Å². The summed E-state index contributed by atoms with van der Waals surface area (Å²) in [6.45, 7) is 5.22. The minimum absolute atomic E-state index is 0.253. The van der Waals surface area contributed by atoms with Crippen molar-refractivity contribution in [3.8, 4) is 0 Å². The van der Waals surface area contributed by atoms with E-state index in [-0.39, 0.29) is 24.1 Å². The number of nitrogens with one attached hydrogen (secondary N) is 5. The largest absolute Gasteiger partial charge is 0.461 e. The van der Waals surface area contributed by atoms with Crippen LogP contribution in [-0.4, -0.2) is 46.9 Å². The number of carbonyl (C=O) groups is 4. The number of aromatic nitrogens is 1. The Kier molecular flexibility index (Phi) is 9.51. The lowest BCUT2D eigenvalue weighted by Crippen LogP contribution is -2.52. The van der Waals surface area contributed by atoms with Crippen molar-refractivity contribution in [2.24, 2.45) is 0 Å². The van der Waals surface area contributed by atoms with Crippen LogP contribution in [0.2, 0.25) is 0 Å². The highest BCUT2D eigenvalue weighted by molar-refractivity contribution is 6.10. The second-order valence-electron chi connectivity index (χ2n) is 11.8. The zero-order valence-electron chi connectivity index (χ0n) is 25.8. The lowest BCUT2D eigenvalue weighted by atomic mass is 9.94. The number of rotatable bonds is 10. The van der Waals surface area contributed by atoms with Gasteiger partial charge in [0.2, 0.25) is 5.91 Å². The predicted molar refractivity (Wildman–Crippen MR) is 176 cm³/mol. The number of fused-ring (bicyclic) bond motifs is 1. The number of hydrogen-bond donors (Lipinski definition) is 5. The molecule has 45 heavy (non-hydrogen) atoms. The maximum atomic E-state index is 13.5. The van der Waals surface area contributed by atoms with E-state index in [4.69, 9.17) is 4.74 Å². The number of anilines is 3. The van der Waals surface area contributed by atoms with Crippen LogP contribution in [0.4, 0.5) is 17.1 Å². The summed E-state index contributed by atoms with van der Waals surface area (Å²) in [5, 5.41) is 12.8. The summed E-state index contributed by atoms with van der Waals surface area (Å²) in [7, 11) is 0. The number of para-hydroxylation sites is 1. The molecule has 10 nitrogen and oxygen atoms in total. The Morgan fingerprint density at radius 2 is 1.60 bits per heavy atom. The van der Waals surface area contributed by atoms with Crippen molar-refractivity contribution in [3.63, 3.8) is 0 Å². The zero-order chi connectivity index (χ0) is 32.0. The van der Waals surface area contributed by atoms with E-state index in [2.05, 4.69) is 26.3 Å². The Bertz CT molecular complexity index is 1710. The van der Waals surface area contributed by atoms with Crippen molar-refractivity contribution in [2.75, 3.05) is 22.6 Å². The predicted octanol–water partition coefficient (Wildman–Crippen LogP) is 6.49. The Morgan fingerprint density at radius 3 is 2.33 bits per heavy atom. The molecule has 5 rings (SSSR count). The van der Waals surface area contributed by atoms with Crippen molar-refractivity contribution in [1.82, 2.24) is 10.3 Å². The second-order valence-corrected chi connectivity index (χ2v) is 11.8. The topological polar surface area (TPSA) is 141 Å². The van der Waals surface area contributed by atoms with Gasteiger partial charge in [-0.3, -0.25) is 14.4 Å². The molecule has 1 fully saturated rings. The van der Waals surface area contributed by atoms with Gasteiger partial charge in [0.25, 0.3) is 11.8 Å². The van der Waals surface area contributed by atoms with Crippen LogP contribution in [0, 0.1) is 0 Å². The Labute approximate surface area is 262 Å². The number of H-pyrrole nitrogens is 1. The zero-order valence-corrected chi connectivity index (χ0v) is 25.8. The van der Waals surface area contributed by atoms with Gasteiger partial charge in [0.1, 0.15) is 11.2 Å². The van der Waals surface area contributed by atoms with Crippen molar-refractivity contribution in [3.05, 3.63) is 89.6 Å². The highest BCUT2D eigenvalue weighted by Gasteiger charge is 2.31. The molecule has 0 bridgehead atoms. The molecule has 1 aliphatic carbocycles. The molecule has 1 saturated carbocycles. The first-order valence-corrected chi connectivity index (χ1v) is 15.3. The fraction of sp³-hybridized carbons (Fsp3) is 0.314. The van der Waals surface area contributed by atoms with Crippen molar-refractivity contribution in [2.45, 2.75) is 64.5 Å². The van der Waals surface area contributed by atoms with Gasteiger partial charge in [-0.1, -0.05) is 37.5 Å². The van der Waals surface area contributed by atoms with E-state index in [1.54, 1.807) is 75.4 Å². The summed E-state index contributed by atoms with van der Waals surface area (Å²) < 4.78 is 5.05. The lowest BCUT2D eigenvalue weighted by molar-refractivity contribution is -0.120. The van der Waals surface area contributed by atoms with E-state index < -0.39 is 23.3 Å². The Hall–Kier alpha value is -5.12. The minimum atomic E-state index is -1.30. The molecule has 1 aromatic heterocycles. The number of esters is 1. The minimum Gasteiger partial charge on any atom is -0.461 e. The highest BCUT2D eigenvalue weighted by atomic mass is 16.5. The van der Waals surface area contributed by atoms with Gasteiger partial charge in [-0.2, -0.15) is 0 Å². The fourth-order valence-electron chi connectivity index (χ4n) is 5.42. The molecular formula is C35H39N5O5. The molecular weight excluding hydrogens is 570 g/mol. The maximum Gasteiger partial charge on any atom is 0.354 e. The summed E-state index contributed by atoms with van der Waals surface area (Å²) in [6.07, 6.45) is 5.52. The van der Waals surface area contributed by atoms with E-state index in [1.807, 2.05) is 18.2 Å². The Morgan fingerprint density at radius 1 is 0.844 bits per heavy atom. The molecule has 1 heterocycles. The van der Waals surface area contributed by atoms with Gasteiger partial charge in [-0.25, -0.2) is 4.79 Å². The first-order chi connectivity index (χ1) is 21.6. The van der Waals surface area contributed by atoms with E-state index in [0.717, 1.165) is 36.6 Å². The van der Waals surface area contributed by atoms with Crippen molar-refractivity contribution >= 4 is 51.7 Å². The smallest absolute Gasteiger partial charge is 0.354 e. The van der Waals surface area contributed by atoms with E-state index in [9.17, 15) is 19.2 Å². The van der Waals surface area contributed by atoms with Gasteiger partial charge in [0.15, 0.2) is 0 Å². The highest BCUT2D eigenvalue weighted by Crippen LogP contribution is 2.26.